The number of ether oxygens (including phenoxy) is 1. The monoisotopic (exact) mass is 155 g/mol. The Kier molecular flexibility index (Phi) is 1.60. The first-order valence-electron chi connectivity index (χ1n) is 4.23. The van der Waals surface area contributed by atoms with E-state index in [9.17, 15) is 4.79 Å². The summed E-state index contributed by atoms with van der Waals surface area (Å²) in [5.74, 6) is 0.374. The molecule has 3 atom stereocenters. The molecule has 0 aromatic heterocycles. The molecule has 0 unspecified atom stereocenters. The Balaban J connectivity index is 2.13. The van der Waals surface area contributed by atoms with Crippen LogP contribution in [0.2, 0.25) is 0 Å². The van der Waals surface area contributed by atoms with Crippen molar-refractivity contribution in [3.05, 3.63) is 0 Å². The Morgan fingerprint density at radius 2 is 2.45 bits per heavy atom. The van der Waals surface area contributed by atoms with E-state index in [-0.39, 0.29) is 18.1 Å². The van der Waals surface area contributed by atoms with Crippen molar-refractivity contribution in [3.63, 3.8) is 0 Å². The molecular weight excluding hydrogens is 142 g/mol. The Morgan fingerprint density at radius 3 is 3.18 bits per heavy atom. The molecule has 0 saturated carbocycles. The zero-order chi connectivity index (χ0) is 7.84. The second kappa shape index (κ2) is 2.48. The molecule has 2 aliphatic heterocycles. The summed E-state index contributed by atoms with van der Waals surface area (Å²) in [6.45, 7) is 2.94. The summed E-state index contributed by atoms with van der Waals surface area (Å²) < 4.78 is 5.11. The van der Waals surface area contributed by atoms with Crippen molar-refractivity contribution in [2.45, 2.75) is 31.9 Å². The van der Waals surface area contributed by atoms with E-state index in [1.165, 1.54) is 6.42 Å². The lowest BCUT2D eigenvalue weighted by Gasteiger charge is -2.24. The molecule has 2 saturated heterocycles. The van der Waals surface area contributed by atoms with Crippen molar-refractivity contribution in [3.8, 4) is 0 Å². The maximum absolute atomic E-state index is 11.1. The second-order valence-electron chi connectivity index (χ2n) is 3.38. The van der Waals surface area contributed by atoms with Gasteiger partial charge >= 0.3 is 5.97 Å². The number of carbonyl (C=O) groups excluding carboxylic acids is 1. The van der Waals surface area contributed by atoms with Crippen LogP contribution in [0, 0.1) is 5.92 Å². The molecule has 0 aromatic rings. The average molecular weight is 155 g/mol. The fourth-order valence-corrected chi connectivity index (χ4v) is 2.02. The summed E-state index contributed by atoms with van der Waals surface area (Å²) in [7, 11) is 0. The van der Waals surface area contributed by atoms with E-state index >= 15 is 0 Å². The van der Waals surface area contributed by atoms with Gasteiger partial charge in [0.05, 0.1) is 0 Å². The van der Waals surface area contributed by atoms with Gasteiger partial charge in [-0.1, -0.05) is 0 Å². The molecule has 0 radical (unpaired) electrons. The van der Waals surface area contributed by atoms with Crippen LogP contribution >= 0.6 is 0 Å². The molecule has 0 aromatic carbocycles. The maximum atomic E-state index is 11.1. The second-order valence-corrected chi connectivity index (χ2v) is 3.38. The Bertz CT molecular complexity index is 181. The number of carbonyl (C=O) groups is 1. The SMILES string of the molecule is C[C@@H]1OC(=O)[C@@H]2NCCC[C@@H]12. The van der Waals surface area contributed by atoms with Gasteiger partial charge in [0.2, 0.25) is 0 Å². The van der Waals surface area contributed by atoms with Gasteiger partial charge in [0.15, 0.2) is 0 Å². The minimum atomic E-state index is -0.0535. The van der Waals surface area contributed by atoms with Crippen LogP contribution in [0.4, 0.5) is 0 Å². The van der Waals surface area contributed by atoms with Crippen molar-refractivity contribution in [1.29, 1.82) is 0 Å². The Labute approximate surface area is 66.1 Å². The molecule has 62 valence electrons. The number of hydrogen-bond donors (Lipinski definition) is 1. The highest BCUT2D eigenvalue weighted by atomic mass is 16.6. The fraction of sp³-hybridized carbons (Fsp3) is 0.875. The van der Waals surface area contributed by atoms with Crippen LogP contribution in [-0.2, 0) is 9.53 Å². The molecule has 0 aliphatic carbocycles. The highest BCUT2D eigenvalue weighted by Gasteiger charge is 2.43. The molecule has 1 N–H and O–H groups in total. The van der Waals surface area contributed by atoms with Crippen molar-refractivity contribution >= 4 is 5.97 Å². The summed E-state index contributed by atoms with van der Waals surface area (Å²) in [5, 5.41) is 3.19. The molecule has 3 heteroatoms. The van der Waals surface area contributed by atoms with E-state index in [1.807, 2.05) is 6.92 Å². The van der Waals surface area contributed by atoms with Crippen molar-refractivity contribution < 1.29 is 9.53 Å². The maximum Gasteiger partial charge on any atom is 0.323 e. The third-order valence-corrected chi connectivity index (χ3v) is 2.67. The summed E-state index contributed by atoms with van der Waals surface area (Å²) in [5.41, 5.74) is 0. The number of esters is 1. The predicted molar refractivity (Wildman–Crippen MR) is 40.1 cm³/mol. The normalized spacial score (nSPS) is 43.4. The number of fused-ring (bicyclic) bond motifs is 1. The van der Waals surface area contributed by atoms with Crippen LogP contribution in [-0.4, -0.2) is 24.7 Å². The van der Waals surface area contributed by atoms with Crippen LogP contribution in [0.15, 0.2) is 0 Å². The van der Waals surface area contributed by atoms with Gasteiger partial charge in [0, 0.05) is 5.92 Å². The smallest absolute Gasteiger partial charge is 0.323 e. The standard InChI is InChI=1S/C8H13NO2/c1-5-6-3-2-4-9-7(6)8(10)11-5/h5-7,9H,2-4H2,1H3/t5-,6-,7+/m0/s1. The van der Waals surface area contributed by atoms with Crippen molar-refractivity contribution in [2.75, 3.05) is 6.54 Å². The lowest BCUT2D eigenvalue weighted by atomic mass is 9.89. The van der Waals surface area contributed by atoms with Crippen LogP contribution in [0.25, 0.3) is 0 Å². The topological polar surface area (TPSA) is 38.3 Å². The van der Waals surface area contributed by atoms with E-state index in [0.717, 1.165) is 13.0 Å². The summed E-state index contributed by atoms with van der Waals surface area (Å²) >= 11 is 0. The minimum Gasteiger partial charge on any atom is -0.461 e. The lowest BCUT2D eigenvalue weighted by Crippen LogP contribution is -2.43. The van der Waals surface area contributed by atoms with Crippen LogP contribution < -0.4 is 5.32 Å². The Morgan fingerprint density at radius 1 is 1.64 bits per heavy atom. The van der Waals surface area contributed by atoms with Gasteiger partial charge < -0.3 is 10.1 Å². The minimum absolute atomic E-state index is 0.00116. The van der Waals surface area contributed by atoms with Gasteiger partial charge in [0.25, 0.3) is 0 Å². The van der Waals surface area contributed by atoms with Crippen molar-refractivity contribution in [2.24, 2.45) is 5.92 Å². The molecule has 0 spiro atoms. The van der Waals surface area contributed by atoms with E-state index in [0.29, 0.717) is 5.92 Å². The molecule has 3 nitrogen and oxygen atoms in total. The van der Waals surface area contributed by atoms with E-state index < -0.39 is 0 Å². The summed E-state index contributed by atoms with van der Waals surface area (Å²) in [6, 6.07) is -0.00116. The van der Waals surface area contributed by atoms with Gasteiger partial charge in [0.1, 0.15) is 12.1 Å². The van der Waals surface area contributed by atoms with Crippen molar-refractivity contribution in [1.82, 2.24) is 5.32 Å². The summed E-state index contributed by atoms with van der Waals surface area (Å²) in [6.07, 6.45) is 2.42. The van der Waals surface area contributed by atoms with Gasteiger partial charge in [-0.3, -0.25) is 4.79 Å². The molecular formula is C8H13NO2. The summed E-state index contributed by atoms with van der Waals surface area (Å²) in [4.78, 5) is 11.1. The number of nitrogens with one attached hydrogen (secondary N) is 1. The number of cyclic esters (lactones) is 1. The molecule has 2 rings (SSSR count). The van der Waals surface area contributed by atoms with Crippen LogP contribution in [0.1, 0.15) is 19.8 Å². The first-order chi connectivity index (χ1) is 5.29. The first kappa shape index (κ1) is 7.10. The van der Waals surface area contributed by atoms with E-state index in [2.05, 4.69) is 5.32 Å². The highest BCUT2D eigenvalue weighted by Crippen LogP contribution is 2.28. The van der Waals surface area contributed by atoms with Crippen LogP contribution in [0.3, 0.4) is 0 Å². The molecule has 11 heavy (non-hydrogen) atoms. The van der Waals surface area contributed by atoms with Gasteiger partial charge in [-0.15, -0.1) is 0 Å². The highest BCUT2D eigenvalue weighted by molar-refractivity contribution is 5.78. The quantitative estimate of drug-likeness (QED) is 0.511. The largest absolute Gasteiger partial charge is 0.461 e. The van der Waals surface area contributed by atoms with Gasteiger partial charge in [-0.05, 0) is 26.3 Å². The lowest BCUT2D eigenvalue weighted by molar-refractivity contribution is -0.142. The number of hydrogen-bond acceptors (Lipinski definition) is 3. The molecule has 2 heterocycles. The zero-order valence-electron chi connectivity index (χ0n) is 6.67. The number of piperidine rings is 1. The third-order valence-electron chi connectivity index (χ3n) is 2.67. The molecule has 0 amide bonds. The van der Waals surface area contributed by atoms with E-state index in [1.54, 1.807) is 0 Å². The average Bonchev–Trinajstić information content (AvgIpc) is 2.30. The van der Waals surface area contributed by atoms with Gasteiger partial charge in [-0.2, -0.15) is 0 Å². The fourth-order valence-electron chi connectivity index (χ4n) is 2.02. The Hall–Kier alpha value is -0.570. The number of rotatable bonds is 0. The van der Waals surface area contributed by atoms with Crippen LogP contribution in [0.5, 0.6) is 0 Å². The molecule has 2 fully saturated rings. The first-order valence-corrected chi connectivity index (χ1v) is 4.23. The van der Waals surface area contributed by atoms with Gasteiger partial charge in [-0.25, -0.2) is 0 Å². The third kappa shape index (κ3) is 1.03. The molecule has 2 aliphatic rings. The predicted octanol–water partition coefficient (Wildman–Crippen LogP) is 0.300. The molecule has 0 bridgehead atoms. The zero-order valence-corrected chi connectivity index (χ0v) is 6.67. The van der Waals surface area contributed by atoms with E-state index in [4.69, 9.17) is 4.74 Å².